The molecule has 5 aliphatic rings. The van der Waals surface area contributed by atoms with Gasteiger partial charge < -0.3 is 15.3 Å². The third kappa shape index (κ3) is 2.85. The first kappa shape index (κ1) is 24.3. The monoisotopic (exact) mass is 458 g/mol. The van der Waals surface area contributed by atoms with Crippen molar-refractivity contribution in [2.45, 2.75) is 112 Å². The Labute approximate surface area is 202 Å². The van der Waals surface area contributed by atoms with E-state index in [1.807, 2.05) is 0 Å². The lowest BCUT2D eigenvalue weighted by Crippen LogP contribution is -2.67. The molecule has 5 rings (SSSR count). The maximum Gasteiger partial charge on any atom is 0.0852 e. The molecule has 3 heteroatoms. The fourth-order valence-electron chi connectivity index (χ4n) is 11.0. The van der Waals surface area contributed by atoms with Gasteiger partial charge in [0.1, 0.15) is 0 Å². The van der Waals surface area contributed by atoms with Gasteiger partial charge in [0, 0.05) is 12.0 Å². The molecule has 4 fully saturated rings. The minimum Gasteiger partial charge on any atom is -0.396 e. The topological polar surface area (TPSA) is 60.7 Å². The molecule has 0 aromatic rings. The van der Waals surface area contributed by atoms with Crippen LogP contribution >= 0.6 is 0 Å². The van der Waals surface area contributed by atoms with Crippen molar-refractivity contribution in [2.24, 2.45) is 56.7 Å². The number of hydrogen-bond acceptors (Lipinski definition) is 3. The molecule has 188 valence electrons. The van der Waals surface area contributed by atoms with Crippen LogP contribution in [0.25, 0.3) is 0 Å². The fraction of sp³-hybridized carbons (Fsp3) is 0.933. The molecule has 4 saturated carbocycles. The summed E-state index contributed by atoms with van der Waals surface area (Å²) in [5.74, 6) is 2.80. The van der Waals surface area contributed by atoms with E-state index in [0.29, 0.717) is 36.2 Å². The lowest BCUT2D eigenvalue weighted by atomic mass is 9.33. The van der Waals surface area contributed by atoms with E-state index in [0.717, 1.165) is 25.7 Å². The van der Waals surface area contributed by atoms with Crippen LogP contribution in [0.15, 0.2) is 11.6 Å². The van der Waals surface area contributed by atoms with Crippen LogP contribution in [0.5, 0.6) is 0 Å². The third-order valence-corrected chi connectivity index (χ3v) is 13.4. The van der Waals surface area contributed by atoms with Crippen molar-refractivity contribution in [1.29, 1.82) is 0 Å². The maximum absolute atomic E-state index is 11.0. The van der Waals surface area contributed by atoms with Gasteiger partial charge in [0.25, 0.3) is 0 Å². The number of allylic oxidation sites excluding steroid dienone is 2. The minimum absolute atomic E-state index is 0.0389. The molecule has 3 nitrogen and oxygen atoms in total. The maximum atomic E-state index is 11.0. The molecule has 0 amide bonds. The second-order valence-electron chi connectivity index (χ2n) is 14.7. The van der Waals surface area contributed by atoms with E-state index in [1.54, 1.807) is 5.57 Å². The van der Waals surface area contributed by atoms with Crippen molar-refractivity contribution < 1.29 is 15.3 Å². The molecule has 0 aromatic heterocycles. The van der Waals surface area contributed by atoms with Crippen LogP contribution in [0.2, 0.25) is 0 Å². The summed E-state index contributed by atoms with van der Waals surface area (Å²) in [5.41, 5.74) is 1.89. The zero-order valence-corrected chi connectivity index (χ0v) is 22.3. The molecule has 0 radical (unpaired) electrons. The number of fused-ring (bicyclic) bond motifs is 7. The average molecular weight is 459 g/mol. The normalized spacial score (nSPS) is 57.8. The summed E-state index contributed by atoms with van der Waals surface area (Å²) in [6.45, 7) is 17.2. The van der Waals surface area contributed by atoms with Gasteiger partial charge in [-0.3, -0.25) is 0 Å². The van der Waals surface area contributed by atoms with Gasteiger partial charge in [-0.05, 0) is 103 Å². The summed E-state index contributed by atoms with van der Waals surface area (Å²) in [7, 11) is 0. The summed E-state index contributed by atoms with van der Waals surface area (Å²) in [6.07, 6.45) is 10.3. The molecule has 0 saturated heterocycles. The molecule has 5 aliphatic carbocycles. The van der Waals surface area contributed by atoms with E-state index >= 15 is 0 Å². The Morgan fingerprint density at radius 1 is 0.909 bits per heavy atom. The molecule has 33 heavy (non-hydrogen) atoms. The highest BCUT2D eigenvalue weighted by atomic mass is 16.3. The second-order valence-corrected chi connectivity index (χ2v) is 14.7. The summed E-state index contributed by atoms with van der Waals surface area (Å²) in [5, 5.41) is 32.6. The summed E-state index contributed by atoms with van der Waals surface area (Å²) < 4.78 is 0. The van der Waals surface area contributed by atoms with Gasteiger partial charge in [-0.1, -0.05) is 60.1 Å². The predicted molar refractivity (Wildman–Crippen MR) is 133 cm³/mol. The van der Waals surface area contributed by atoms with Crippen molar-refractivity contribution in [3.8, 4) is 0 Å². The van der Waals surface area contributed by atoms with Crippen molar-refractivity contribution >= 4 is 0 Å². The summed E-state index contributed by atoms with van der Waals surface area (Å²) in [4.78, 5) is 0. The number of aliphatic hydroxyl groups excluding tert-OH is 3. The van der Waals surface area contributed by atoms with E-state index in [4.69, 9.17) is 0 Å². The Balaban J connectivity index is 1.60. The van der Waals surface area contributed by atoms with Gasteiger partial charge in [-0.15, -0.1) is 0 Å². The van der Waals surface area contributed by atoms with Crippen molar-refractivity contribution in [2.75, 3.05) is 6.61 Å². The Hall–Kier alpha value is -0.380. The van der Waals surface area contributed by atoms with E-state index < -0.39 is 12.2 Å². The van der Waals surface area contributed by atoms with E-state index in [1.165, 1.54) is 25.7 Å². The Morgan fingerprint density at radius 3 is 2.27 bits per heavy atom. The molecule has 0 bridgehead atoms. The Bertz CT molecular complexity index is 832. The van der Waals surface area contributed by atoms with Crippen molar-refractivity contribution in [3.63, 3.8) is 0 Å². The first-order valence-corrected chi connectivity index (χ1v) is 14.0. The lowest BCUT2D eigenvalue weighted by molar-refractivity contribution is -0.232. The minimum atomic E-state index is -0.630. The van der Waals surface area contributed by atoms with E-state index in [-0.39, 0.29) is 27.1 Å². The van der Waals surface area contributed by atoms with Crippen LogP contribution in [0.4, 0.5) is 0 Å². The largest absolute Gasteiger partial charge is 0.396 e. The third-order valence-electron chi connectivity index (χ3n) is 13.4. The van der Waals surface area contributed by atoms with Gasteiger partial charge in [-0.25, -0.2) is 0 Å². The molecule has 11 atom stereocenters. The van der Waals surface area contributed by atoms with Crippen LogP contribution < -0.4 is 0 Å². The molecule has 3 N–H and O–H groups in total. The van der Waals surface area contributed by atoms with Crippen LogP contribution in [0.1, 0.15) is 99.8 Å². The summed E-state index contributed by atoms with van der Waals surface area (Å²) >= 11 is 0. The molecule has 0 aromatic carbocycles. The van der Waals surface area contributed by atoms with Gasteiger partial charge in [0.2, 0.25) is 0 Å². The lowest BCUT2D eigenvalue weighted by Gasteiger charge is -2.72. The van der Waals surface area contributed by atoms with Crippen LogP contribution in [0.3, 0.4) is 0 Å². The molecular weight excluding hydrogens is 408 g/mol. The average Bonchev–Trinajstić information content (AvgIpc) is 2.75. The molecular formula is C30H50O3. The van der Waals surface area contributed by atoms with Gasteiger partial charge >= 0.3 is 0 Å². The SMILES string of the molecule is C[C@H]1[C@H](C)CC[C@]2(CO)CC[C@]3(C)C(=CC[C@@H]4[C@@]5(C)C[C@H](O)[C@H](O)C(C)(C)[C@@H]5CC[C@]43C)[C@H]12. The van der Waals surface area contributed by atoms with Crippen LogP contribution in [0, 0.1) is 56.7 Å². The highest BCUT2D eigenvalue weighted by molar-refractivity contribution is 5.34. The highest BCUT2D eigenvalue weighted by Crippen LogP contribution is 2.75. The standard InChI is InChI=1S/C30H50O3/c1-18-10-13-30(17-31)15-14-28(6)20(24(30)19(18)2)8-9-23-27(5)16-21(32)25(33)26(3,4)22(27)11-12-29(23,28)7/h8,18-19,21-25,31-33H,9-17H2,1-7H3/t18-,19+,21+,22+,23-,24+,25+,27+,28-,29-,30-/m1/s1. The smallest absolute Gasteiger partial charge is 0.0852 e. The van der Waals surface area contributed by atoms with Gasteiger partial charge in [-0.2, -0.15) is 0 Å². The number of hydrogen-bond donors (Lipinski definition) is 3. The van der Waals surface area contributed by atoms with E-state index in [9.17, 15) is 15.3 Å². The van der Waals surface area contributed by atoms with Gasteiger partial charge in [0.15, 0.2) is 0 Å². The van der Waals surface area contributed by atoms with Crippen molar-refractivity contribution in [1.82, 2.24) is 0 Å². The summed E-state index contributed by atoms with van der Waals surface area (Å²) in [6, 6.07) is 0. The second kappa shape index (κ2) is 7.32. The zero-order valence-electron chi connectivity index (χ0n) is 22.3. The van der Waals surface area contributed by atoms with E-state index in [2.05, 4.69) is 54.5 Å². The Kier molecular flexibility index (Phi) is 5.40. The number of rotatable bonds is 1. The zero-order chi connectivity index (χ0) is 24.2. The highest BCUT2D eigenvalue weighted by Gasteiger charge is 2.69. The first-order valence-electron chi connectivity index (χ1n) is 14.0. The quantitative estimate of drug-likeness (QED) is 0.424. The van der Waals surface area contributed by atoms with Gasteiger partial charge in [0.05, 0.1) is 12.2 Å². The molecule has 0 heterocycles. The first-order chi connectivity index (χ1) is 15.3. The van der Waals surface area contributed by atoms with Crippen molar-refractivity contribution in [3.05, 3.63) is 11.6 Å². The predicted octanol–water partition coefficient (Wildman–Crippen LogP) is 5.97. The fourth-order valence-corrected chi connectivity index (χ4v) is 11.0. The molecule has 0 unspecified atom stereocenters. The van der Waals surface area contributed by atoms with Crippen LogP contribution in [-0.4, -0.2) is 34.1 Å². The molecule has 0 aliphatic heterocycles. The molecule has 0 spiro atoms. The van der Waals surface area contributed by atoms with Crippen LogP contribution in [-0.2, 0) is 0 Å². The Morgan fingerprint density at radius 2 is 1.61 bits per heavy atom. The number of aliphatic hydroxyl groups is 3.